The first-order valence-electron chi connectivity index (χ1n) is 6.63. The maximum atomic E-state index is 12.3. The first-order valence-corrected chi connectivity index (χ1v) is 6.63. The maximum Gasteiger partial charge on any atom is 0.388 e. The molecule has 1 amide bonds. The number of pyridine rings is 1. The summed E-state index contributed by atoms with van der Waals surface area (Å²) < 4.78 is 33.5. The van der Waals surface area contributed by atoms with Gasteiger partial charge in [0.25, 0.3) is 5.91 Å². The molecule has 0 aliphatic carbocycles. The molecule has 1 fully saturated rings. The Labute approximate surface area is 121 Å². The average molecular weight is 300 g/mol. The summed E-state index contributed by atoms with van der Waals surface area (Å²) in [5.41, 5.74) is 0.357. The van der Waals surface area contributed by atoms with Crippen LogP contribution in [0.25, 0.3) is 0 Å². The average Bonchev–Trinajstić information content (AvgIpc) is 2.41. The Morgan fingerprint density at radius 1 is 1.52 bits per heavy atom. The lowest BCUT2D eigenvalue weighted by atomic mass is 9.79. The van der Waals surface area contributed by atoms with E-state index in [0.29, 0.717) is 25.3 Å². The Morgan fingerprint density at radius 3 is 2.86 bits per heavy atom. The van der Waals surface area contributed by atoms with Gasteiger partial charge < -0.3 is 14.4 Å². The van der Waals surface area contributed by atoms with E-state index in [-0.39, 0.29) is 17.2 Å². The highest BCUT2D eigenvalue weighted by Crippen LogP contribution is 2.34. The molecule has 0 atom stereocenters. The fourth-order valence-corrected chi connectivity index (χ4v) is 2.41. The molecule has 5 nitrogen and oxygen atoms in total. The van der Waals surface area contributed by atoms with Gasteiger partial charge in [-0.2, -0.15) is 8.78 Å². The minimum Gasteiger partial charge on any atom is -0.417 e. The van der Waals surface area contributed by atoms with Crippen molar-refractivity contribution in [2.24, 2.45) is 5.41 Å². The number of carbonyl (C=O) groups is 1. The highest BCUT2D eigenvalue weighted by atomic mass is 19.3. The summed E-state index contributed by atoms with van der Waals surface area (Å²) >= 11 is 0. The van der Waals surface area contributed by atoms with Gasteiger partial charge in [-0.15, -0.1) is 0 Å². The standard InChI is InChI=1S/C14H18F2N2O3/c1-14(4-6-20-2)8-18(9-14)12(19)10-3-5-17-11(7-10)21-13(15)16/h3,5,7,13H,4,6,8-9H2,1-2H3. The topological polar surface area (TPSA) is 51.7 Å². The Bertz CT molecular complexity index is 505. The number of carbonyl (C=O) groups excluding carboxylic acids is 1. The van der Waals surface area contributed by atoms with Crippen molar-refractivity contribution in [1.29, 1.82) is 0 Å². The third kappa shape index (κ3) is 3.87. The van der Waals surface area contributed by atoms with Crippen LogP contribution in [0, 0.1) is 5.41 Å². The number of rotatable bonds is 6. The predicted octanol–water partition coefficient (Wildman–Crippen LogP) is 2.18. The van der Waals surface area contributed by atoms with Crippen molar-refractivity contribution < 1.29 is 23.0 Å². The second-order valence-electron chi connectivity index (χ2n) is 5.48. The Morgan fingerprint density at radius 2 is 2.24 bits per heavy atom. The molecule has 2 rings (SSSR count). The van der Waals surface area contributed by atoms with Crippen LogP contribution in [-0.4, -0.2) is 49.2 Å². The molecule has 0 saturated carbocycles. The van der Waals surface area contributed by atoms with E-state index in [0.717, 1.165) is 6.42 Å². The minimum atomic E-state index is -2.95. The molecule has 2 heterocycles. The van der Waals surface area contributed by atoms with Crippen molar-refractivity contribution in [2.45, 2.75) is 20.0 Å². The summed E-state index contributed by atoms with van der Waals surface area (Å²) in [5.74, 6) is -0.454. The van der Waals surface area contributed by atoms with Crippen LogP contribution in [-0.2, 0) is 4.74 Å². The zero-order chi connectivity index (χ0) is 15.5. The first-order chi connectivity index (χ1) is 9.93. The third-order valence-corrected chi connectivity index (χ3v) is 3.53. The number of amides is 1. The highest BCUT2D eigenvalue weighted by Gasteiger charge is 2.41. The summed E-state index contributed by atoms with van der Waals surface area (Å²) in [6.07, 6.45) is 2.16. The van der Waals surface area contributed by atoms with Crippen molar-refractivity contribution >= 4 is 5.91 Å². The zero-order valence-corrected chi connectivity index (χ0v) is 12.0. The molecule has 1 aromatic heterocycles. The quantitative estimate of drug-likeness (QED) is 0.808. The van der Waals surface area contributed by atoms with E-state index in [1.165, 1.54) is 18.3 Å². The zero-order valence-electron chi connectivity index (χ0n) is 12.0. The Balaban J connectivity index is 1.96. The van der Waals surface area contributed by atoms with Crippen LogP contribution >= 0.6 is 0 Å². The normalized spacial score (nSPS) is 16.7. The smallest absolute Gasteiger partial charge is 0.388 e. The SMILES string of the molecule is COCCC1(C)CN(C(=O)c2ccnc(OC(F)F)c2)C1. The third-order valence-electron chi connectivity index (χ3n) is 3.53. The van der Waals surface area contributed by atoms with Crippen molar-refractivity contribution in [1.82, 2.24) is 9.88 Å². The van der Waals surface area contributed by atoms with Gasteiger partial charge in [-0.05, 0) is 12.5 Å². The van der Waals surface area contributed by atoms with E-state index in [9.17, 15) is 13.6 Å². The lowest BCUT2D eigenvalue weighted by Gasteiger charge is -2.48. The molecule has 1 aromatic rings. The van der Waals surface area contributed by atoms with E-state index in [4.69, 9.17) is 4.74 Å². The first kappa shape index (κ1) is 15.6. The molecule has 0 radical (unpaired) electrons. The van der Waals surface area contributed by atoms with Gasteiger partial charge in [0.05, 0.1) is 0 Å². The van der Waals surface area contributed by atoms with Crippen molar-refractivity contribution in [3.8, 4) is 5.88 Å². The summed E-state index contributed by atoms with van der Waals surface area (Å²) in [6, 6.07) is 2.73. The van der Waals surface area contributed by atoms with Crippen LogP contribution in [0.2, 0.25) is 0 Å². The number of aromatic nitrogens is 1. The van der Waals surface area contributed by atoms with Gasteiger partial charge in [0.1, 0.15) is 0 Å². The molecule has 1 saturated heterocycles. The summed E-state index contributed by atoms with van der Waals surface area (Å²) in [6.45, 7) is 1.04. The Hall–Kier alpha value is -1.76. The van der Waals surface area contributed by atoms with E-state index in [2.05, 4.69) is 16.6 Å². The summed E-state index contributed by atoms with van der Waals surface area (Å²) in [4.78, 5) is 17.6. The fourth-order valence-electron chi connectivity index (χ4n) is 2.41. The van der Waals surface area contributed by atoms with Crippen LogP contribution < -0.4 is 4.74 Å². The molecule has 0 unspecified atom stereocenters. The molecule has 116 valence electrons. The van der Waals surface area contributed by atoms with Crippen LogP contribution in [0.15, 0.2) is 18.3 Å². The number of likely N-dealkylation sites (tertiary alicyclic amines) is 1. The number of nitrogens with zero attached hydrogens (tertiary/aromatic N) is 2. The molecule has 0 N–H and O–H groups in total. The molecular formula is C14H18F2N2O3. The van der Waals surface area contributed by atoms with Crippen molar-refractivity contribution in [3.05, 3.63) is 23.9 Å². The van der Waals surface area contributed by atoms with Gasteiger partial charge in [-0.3, -0.25) is 4.79 Å². The van der Waals surface area contributed by atoms with E-state index in [1.807, 2.05) is 0 Å². The summed E-state index contributed by atoms with van der Waals surface area (Å²) in [7, 11) is 1.65. The van der Waals surface area contributed by atoms with Gasteiger partial charge in [0.2, 0.25) is 5.88 Å². The second-order valence-corrected chi connectivity index (χ2v) is 5.48. The lowest BCUT2D eigenvalue weighted by Crippen LogP contribution is -2.57. The van der Waals surface area contributed by atoms with Crippen LogP contribution in [0.1, 0.15) is 23.7 Å². The number of hydrogen-bond donors (Lipinski definition) is 0. The molecule has 0 spiro atoms. The van der Waals surface area contributed by atoms with Crippen molar-refractivity contribution in [3.63, 3.8) is 0 Å². The molecule has 1 aliphatic heterocycles. The van der Waals surface area contributed by atoms with E-state index < -0.39 is 6.61 Å². The number of ether oxygens (including phenoxy) is 2. The number of halogens is 2. The molecule has 0 aromatic carbocycles. The molecule has 0 bridgehead atoms. The van der Waals surface area contributed by atoms with Crippen LogP contribution in [0.3, 0.4) is 0 Å². The molecular weight excluding hydrogens is 282 g/mol. The number of hydrogen-bond acceptors (Lipinski definition) is 4. The van der Waals surface area contributed by atoms with Gasteiger partial charge in [-0.25, -0.2) is 4.98 Å². The van der Waals surface area contributed by atoms with Gasteiger partial charge in [0.15, 0.2) is 0 Å². The molecule has 1 aliphatic rings. The van der Waals surface area contributed by atoms with Crippen molar-refractivity contribution in [2.75, 3.05) is 26.8 Å². The van der Waals surface area contributed by atoms with Crippen LogP contribution in [0.4, 0.5) is 8.78 Å². The minimum absolute atomic E-state index is 0.0566. The Kier molecular flexibility index (Phi) is 4.72. The van der Waals surface area contributed by atoms with E-state index >= 15 is 0 Å². The molecule has 7 heteroatoms. The second kappa shape index (κ2) is 6.34. The fraction of sp³-hybridized carbons (Fsp3) is 0.571. The number of alkyl halides is 2. The van der Waals surface area contributed by atoms with Crippen LogP contribution in [0.5, 0.6) is 5.88 Å². The van der Waals surface area contributed by atoms with Gasteiger partial charge >= 0.3 is 6.61 Å². The molecule has 21 heavy (non-hydrogen) atoms. The van der Waals surface area contributed by atoms with Gasteiger partial charge in [0, 0.05) is 50.0 Å². The largest absolute Gasteiger partial charge is 0.417 e. The van der Waals surface area contributed by atoms with Gasteiger partial charge in [-0.1, -0.05) is 6.92 Å². The predicted molar refractivity (Wildman–Crippen MR) is 71.4 cm³/mol. The summed E-state index contributed by atoms with van der Waals surface area (Å²) in [5, 5.41) is 0. The number of methoxy groups -OCH3 is 1. The van der Waals surface area contributed by atoms with E-state index in [1.54, 1.807) is 12.0 Å². The monoisotopic (exact) mass is 300 g/mol. The maximum absolute atomic E-state index is 12.3. The highest BCUT2D eigenvalue weighted by molar-refractivity contribution is 5.95. The lowest BCUT2D eigenvalue weighted by molar-refractivity contribution is -0.0529.